The first-order chi connectivity index (χ1) is 38.6. The lowest BCUT2D eigenvalue weighted by atomic mass is 9.95. The van der Waals surface area contributed by atoms with E-state index in [1.807, 2.05) is 0 Å². The van der Waals surface area contributed by atoms with Crippen molar-refractivity contribution in [3.8, 4) is 0 Å². The number of hydrogen-bond donors (Lipinski definition) is 21. The van der Waals surface area contributed by atoms with Crippen molar-refractivity contribution >= 4 is 0 Å². The van der Waals surface area contributed by atoms with Gasteiger partial charge in [0.1, 0.15) is 171 Å². The van der Waals surface area contributed by atoms with Gasteiger partial charge >= 0.3 is 0 Å². The Bertz CT molecular complexity index is 1500. The number of hydrogen-bond acceptors (Lipinski definition) is 35. The Morgan fingerprint density at radius 3 is 0.383 bits per heavy atom. The van der Waals surface area contributed by atoms with Gasteiger partial charge in [-0.05, 0) is 0 Å². The van der Waals surface area contributed by atoms with Crippen LogP contribution in [0.15, 0.2) is 0 Å². The molecule has 21 saturated heterocycles. The quantitative estimate of drug-likeness (QED) is 0.107. The van der Waals surface area contributed by atoms with Crippen LogP contribution in [0, 0.1) is 0 Å². The SMILES string of the molecule is CCCC.OC[C@H]1O[C@@H]2O[C@H]3[C@H](O)[C@@H](O)[C@@H](O[C@H]4[C@H](O)[C@@H](O)[C@@H](O[C@H]5[C@H](O)[C@@H](O)[C@@H](O[C@H]6[C@H](O)[C@@H](O)[C@@H](O[C@H]7[C@H](O)[C@@H](O)[C@@H](O[C@H]8[C@H](O)[C@@H](O)[C@@H](O[C@H]1[C@H](O)[C@H]2O)O[C@@H]8CO)O[C@@H]7CO)O[C@@H]6CO)O[C@@H]5CO)O[C@@H]4CO)O[C@@H]3CO. The Labute approximate surface area is 460 Å². The van der Waals surface area contributed by atoms with Gasteiger partial charge in [0.2, 0.25) is 0 Å². The topological polar surface area (TPSA) is 554 Å². The predicted molar refractivity (Wildman–Crippen MR) is 249 cm³/mol. The van der Waals surface area contributed by atoms with Gasteiger partial charge in [0.05, 0.1) is 46.2 Å². The maximum atomic E-state index is 11.3. The molecule has 35 heteroatoms. The number of aliphatic hydroxyl groups excluding tert-OH is 21. The van der Waals surface area contributed by atoms with E-state index in [4.69, 9.17) is 66.3 Å². The van der Waals surface area contributed by atoms with Crippen molar-refractivity contribution < 1.29 is 174 Å². The lowest BCUT2D eigenvalue weighted by Crippen LogP contribution is -2.68. The summed E-state index contributed by atoms with van der Waals surface area (Å²) < 4.78 is 79.5. The van der Waals surface area contributed by atoms with E-state index >= 15 is 0 Å². The minimum Gasteiger partial charge on any atom is -0.394 e. The minimum absolute atomic E-state index is 1.05. The third kappa shape index (κ3) is 14.0. The van der Waals surface area contributed by atoms with Crippen LogP contribution in [-0.2, 0) is 66.3 Å². The minimum atomic E-state index is -2.21. The van der Waals surface area contributed by atoms with Crippen LogP contribution in [0.4, 0.5) is 0 Å². The van der Waals surface area contributed by atoms with Gasteiger partial charge in [-0.1, -0.05) is 26.7 Å². The summed E-state index contributed by atoms with van der Waals surface area (Å²) in [6.45, 7) is -2.97. The van der Waals surface area contributed by atoms with Gasteiger partial charge in [0.15, 0.2) is 44.0 Å². The molecule has 35 atom stereocenters. The fourth-order valence-electron chi connectivity index (χ4n) is 10.4. The van der Waals surface area contributed by atoms with E-state index in [9.17, 15) is 107 Å². The summed E-state index contributed by atoms with van der Waals surface area (Å²) >= 11 is 0. The molecule has 21 heterocycles. The Morgan fingerprint density at radius 2 is 0.296 bits per heavy atom. The van der Waals surface area contributed by atoms with E-state index < -0.39 is 261 Å². The third-order valence-electron chi connectivity index (χ3n) is 15.3. The van der Waals surface area contributed by atoms with Crippen LogP contribution >= 0.6 is 0 Å². The first-order valence-corrected chi connectivity index (χ1v) is 26.5. The van der Waals surface area contributed by atoms with Crippen molar-refractivity contribution in [3.05, 3.63) is 0 Å². The van der Waals surface area contributed by atoms with Gasteiger partial charge in [-0.3, -0.25) is 0 Å². The average molecular weight is 1190 g/mol. The molecule has 21 fully saturated rings. The molecular formula is C46H80O35. The molecule has 0 unspecified atom stereocenters. The molecule has 21 aliphatic heterocycles. The molecule has 0 aromatic carbocycles. The zero-order valence-corrected chi connectivity index (χ0v) is 43.7. The summed E-state index contributed by atoms with van der Waals surface area (Å²) in [5, 5.41) is 230. The fourth-order valence-corrected chi connectivity index (χ4v) is 10.4. The second-order valence-corrected chi connectivity index (χ2v) is 20.7. The molecule has 0 aromatic heterocycles. The van der Waals surface area contributed by atoms with Gasteiger partial charge in [-0.2, -0.15) is 0 Å². The molecule has 14 bridgehead atoms. The summed E-state index contributed by atoms with van der Waals surface area (Å²) in [6.07, 6.45) is -67.6. The molecule has 0 spiro atoms. The van der Waals surface area contributed by atoms with Crippen LogP contribution in [0.2, 0.25) is 0 Å². The number of unbranched alkanes of at least 4 members (excludes halogenated alkanes) is 1. The van der Waals surface area contributed by atoms with E-state index in [0.717, 1.165) is 0 Å². The standard InChI is InChI=1S/C42H70O35.C4H10/c43-1-8-29-15(50)22(57)36(64-8)72-30-9(2-44)66-38(24(59)17(30)52)74-32-11(4-46)68-40(26(61)19(32)54)76-34-13(6-48)70-42(28(63)21(34)56)77-35-14(7-49)69-41(27(62)20(35)55)75-33-12(5-47)67-39(25(60)18(33)53)73-31-10(3-45)65-37(71-29)23(58)16(31)51;1-3-4-2/h8-63H,1-7H2;3-4H2,1-2H3/t8-,9-,10-,11-,12-,13-,14-,15-,16-,17-,18-,19-,20-,21-,22-,23-,24-,25-,26-,27-,28-,29-,30-,31-,32-,33-,34-,35-,36-,37-,38-,39-,40-,41-,42-;/m1./s1. The summed E-state index contributed by atoms with van der Waals surface area (Å²) in [5.74, 6) is 0. The monoisotopic (exact) mass is 1190 g/mol. The summed E-state index contributed by atoms with van der Waals surface area (Å²) in [5.41, 5.74) is 0. The molecule has 0 amide bonds. The highest BCUT2D eigenvalue weighted by molar-refractivity contribution is 5.01. The largest absolute Gasteiger partial charge is 0.394 e. The first kappa shape index (κ1) is 67.1. The normalized spacial score (nSPS) is 53.0. The highest BCUT2D eigenvalue weighted by atomic mass is 16.8. The maximum Gasteiger partial charge on any atom is 0.187 e. The van der Waals surface area contributed by atoms with Crippen LogP contribution in [0.3, 0.4) is 0 Å². The van der Waals surface area contributed by atoms with Crippen molar-refractivity contribution in [3.63, 3.8) is 0 Å². The molecule has 21 aliphatic rings. The van der Waals surface area contributed by atoms with E-state index in [1.165, 1.54) is 12.8 Å². The molecule has 0 aromatic rings. The molecule has 35 nitrogen and oxygen atoms in total. The number of rotatable bonds is 8. The lowest BCUT2D eigenvalue weighted by Gasteiger charge is -2.50. The molecule has 0 radical (unpaired) electrons. The van der Waals surface area contributed by atoms with Crippen molar-refractivity contribution in [1.29, 1.82) is 0 Å². The highest BCUT2D eigenvalue weighted by Crippen LogP contribution is 2.39. The molecular weight excluding hydrogens is 1110 g/mol. The van der Waals surface area contributed by atoms with Crippen molar-refractivity contribution in [2.24, 2.45) is 0 Å². The van der Waals surface area contributed by atoms with Crippen LogP contribution < -0.4 is 0 Å². The molecule has 81 heavy (non-hydrogen) atoms. The molecule has 21 rings (SSSR count). The predicted octanol–water partition coefficient (Wildman–Crippen LogP) is -13.4. The van der Waals surface area contributed by atoms with Gasteiger partial charge in [-0.25, -0.2) is 0 Å². The van der Waals surface area contributed by atoms with Gasteiger partial charge in [0.25, 0.3) is 0 Å². The zero-order chi connectivity index (χ0) is 59.5. The molecule has 0 aliphatic carbocycles. The number of ether oxygens (including phenoxy) is 14. The van der Waals surface area contributed by atoms with E-state index in [2.05, 4.69) is 13.8 Å². The van der Waals surface area contributed by atoms with Crippen LogP contribution in [0.5, 0.6) is 0 Å². The zero-order valence-electron chi connectivity index (χ0n) is 43.7. The summed E-state index contributed by atoms with van der Waals surface area (Å²) in [6, 6.07) is 0. The molecule has 474 valence electrons. The van der Waals surface area contributed by atoms with Crippen LogP contribution in [-0.4, -0.2) is 368 Å². The maximum absolute atomic E-state index is 11.3. The number of aliphatic hydroxyl groups is 21. The average Bonchev–Trinajstić information content (AvgIpc) is 3.66. The first-order valence-electron chi connectivity index (χ1n) is 26.5. The second-order valence-electron chi connectivity index (χ2n) is 20.7. The Balaban J connectivity index is 0.00000229. The fraction of sp³-hybridized carbons (Fsp3) is 1.00. The lowest BCUT2D eigenvalue weighted by molar-refractivity contribution is -0.396. The Morgan fingerprint density at radius 1 is 0.185 bits per heavy atom. The van der Waals surface area contributed by atoms with E-state index in [1.54, 1.807) is 0 Å². The van der Waals surface area contributed by atoms with E-state index in [-0.39, 0.29) is 0 Å². The van der Waals surface area contributed by atoms with Crippen molar-refractivity contribution in [1.82, 2.24) is 0 Å². The highest BCUT2D eigenvalue weighted by Gasteiger charge is 2.59. The summed E-state index contributed by atoms with van der Waals surface area (Å²) in [4.78, 5) is 0. The van der Waals surface area contributed by atoms with Crippen LogP contribution in [0.25, 0.3) is 0 Å². The van der Waals surface area contributed by atoms with Gasteiger partial charge in [0, 0.05) is 0 Å². The Kier molecular flexibility index (Phi) is 24.5. The smallest absolute Gasteiger partial charge is 0.187 e. The van der Waals surface area contributed by atoms with Crippen molar-refractivity contribution in [2.45, 2.75) is 242 Å². The van der Waals surface area contributed by atoms with E-state index in [0.29, 0.717) is 0 Å². The molecule has 21 N–H and O–H groups in total. The molecule has 0 saturated carbocycles. The van der Waals surface area contributed by atoms with Gasteiger partial charge < -0.3 is 174 Å². The van der Waals surface area contributed by atoms with Crippen molar-refractivity contribution in [2.75, 3.05) is 46.2 Å². The van der Waals surface area contributed by atoms with Gasteiger partial charge in [-0.15, -0.1) is 0 Å². The third-order valence-corrected chi connectivity index (χ3v) is 15.3. The second kappa shape index (κ2) is 29.5. The van der Waals surface area contributed by atoms with Crippen LogP contribution in [0.1, 0.15) is 26.7 Å². The summed E-state index contributed by atoms with van der Waals surface area (Å²) in [7, 11) is 0. The Hall–Kier alpha value is -1.40.